The van der Waals surface area contributed by atoms with Crippen LogP contribution in [0.4, 0.5) is 17.6 Å². The van der Waals surface area contributed by atoms with E-state index < -0.39 is 11.7 Å². The van der Waals surface area contributed by atoms with Gasteiger partial charge in [0, 0.05) is 24.3 Å². The van der Waals surface area contributed by atoms with Crippen molar-refractivity contribution in [2.24, 2.45) is 4.99 Å². The van der Waals surface area contributed by atoms with Crippen molar-refractivity contribution in [1.29, 1.82) is 0 Å². The van der Waals surface area contributed by atoms with E-state index in [2.05, 4.69) is 16.5 Å². The Morgan fingerprint density at radius 3 is 2.02 bits per heavy atom. The van der Waals surface area contributed by atoms with Crippen LogP contribution in [0, 0.1) is 5.82 Å². The maximum Gasteiger partial charge on any atom is 0.416 e. The van der Waals surface area contributed by atoms with Gasteiger partial charge in [0.25, 0.3) is 11.8 Å². The van der Waals surface area contributed by atoms with Crippen LogP contribution in [-0.2, 0) is 22.2 Å². The normalized spacial score (nSPS) is 13.6. The molecule has 266 valence electrons. The van der Waals surface area contributed by atoms with Gasteiger partial charge in [0.05, 0.1) is 12.1 Å². The number of alkyl halides is 3. The molecule has 0 bridgehead atoms. The van der Waals surface area contributed by atoms with Crippen molar-refractivity contribution >= 4 is 17.5 Å². The Balaban J connectivity index is 1.39. The van der Waals surface area contributed by atoms with Crippen LogP contribution in [0.2, 0.25) is 0 Å². The molecule has 0 fully saturated rings. The molecule has 0 spiro atoms. The summed E-state index contributed by atoms with van der Waals surface area (Å²) in [5.41, 5.74) is 4.55. The SMILES string of the molecule is C=C(CCC(=O)N(CCN(CC)CC)Oc1ccc(-c2ccc(C(F)(F)F)cc2)cc1)C1=C(C(=O)N=C(C)CCc2ccc(F)cc2)CCC1. The van der Waals surface area contributed by atoms with Gasteiger partial charge < -0.3 is 9.74 Å². The molecule has 0 heterocycles. The van der Waals surface area contributed by atoms with Gasteiger partial charge in [-0.25, -0.2) is 9.38 Å². The first-order valence-electron chi connectivity index (χ1n) is 17.1. The van der Waals surface area contributed by atoms with Crippen LogP contribution in [-0.4, -0.2) is 53.7 Å². The molecule has 0 saturated carbocycles. The molecule has 0 radical (unpaired) electrons. The predicted molar refractivity (Wildman–Crippen MR) is 189 cm³/mol. The molecule has 3 aromatic carbocycles. The molecule has 0 aromatic heterocycles. The lowest BCUT2D eigenvalue weighted by Gasteiger charge is -2.26. The van der Waals surface area contributed by atoms with Crippen molar-refractivity contribution in [1.82, 2.24) is 9.96 Å². The molecule has 3 aromatic rings. The van der Waals surface area contributed by atoms with E-state index in [1.807, 2.05) is 20.8 Å². The zero-order chi connectivity index (χ0) is 36.3. The van der Waals surface area contributed by atoms with E-state index in [1.165, 1.54) is 29.3 Å². The third kappa shape index (κ3) is 11.0. The number of halogens is 4. The van der Waals surface area contributed by atoms with Gasteiger partial charge in [0.15, 0.2) is 5.75 Å². The second kappa shape index (κ2) is 17.9. The maximum absolute atomic E-state index is 13.5. The van der Waals surface area contributed by atoms with Crippen LogP contribution in [0.3, 0.4) is 0 Å². The van der Waals surface area contributed by atoms with Crippen molar-refractivity contribution in [3.63, 3.8) is 0 Å². The van der Waals surface area contributed by atoms with Gasteiger partial charge in [-0.05, 0) is 117 Å². The van der Waals surface area contributed by atoms with E-state index >= 15 is 0 Å². The Hall–Kier alpha value is -4.57. The van der Waals surface area contributed by atoms with Crippen LogP contribution in [0.5, 0.6) is 5.75 Å². The third-order valence-electron chi connectivity index (χ3n) is 8.93. The molecule has 50 heavy (non-hydrogen) atoms. The first kappa shape index (κ1) is 38.2. The van der Waals surface area contributed by atoms with Crippen LogP contribution >= 0.6 is 0 Å². The quantitative estimate of drug-likeness (QED) is 0.0854. The lowest BCUT2D eigenvalue weighted by molar-refractivity contribution is -0.158. The summed E-state index contributed by atoms with van der Waals surface area (Å²) in [6.45, 7) is 12.7. The van der Waals surface area contributed by atoms with Crippen LogP contribution in [0.25, 0.3) is 11.1 Å². The molecule has 0 aliphatic heterocycles. The Kier molecular flexibility index (Phi) is 13.7. The van der Waals surface area contributed by atoms with Gasteiger partial charge in [-0.3, -0.25) is 9.59 Å². The van der Waals surface area contributed by atoms with Crippen molar-refractivity contribution in [2.75, 3.05) is 26.2 Å². The monoisotopic (exact) mass is 691 g/mol. The molecule has 1 aliphatic carbocycles. The van der Waals surface area contributed by atoms with E-state index in [0.29, 0.717) is 73.4 Å². The Labute approximate surface area is 292 Å². The molecule has 2 amide bonds. The van der Waals surface area contributed by atoms with E-state index in [-0.39, 0.29) is 24.1 Å². The maximum atomic E-state index is 13.5. The minimum atomic E-state index is -4.40. The van der Waals surface area contributed by atoms with Crippen molar-refractivity contribution in [3.8, 4) is 16.9 Å². The Bertz CT molecular complexity index is 1670. The van der Waals surface area contributed by atoms with Gasteiger partial charge >= 0.3 is 6.18 Å². The highest BCUT2D eigenvalue weighted by molar-refractivity contribution is 6.04. The minimum absolute atomic E-state index is 0.131. The van der Waals surface area contributed by atoms with Crippen LogP contribution < -0.4 is 4.84 Å². The summed E-state index contributed by atoms with van der Waals surface area (Å²) < 4.78 is 52.2. The summed E-state index contributed by atoms with van der Waals surface area (Å²) in [7, 11) is 0. The van der Waals surface area contributed by atoms with Gasteiger partial charge in [0.2, 0.25) is 0 Å². The number of hydrogen-bond acceptors (Lipinski definition) is 4. The minimum Gasteiger partial charge on any atom is -0.377 e. The summed E-state index contributed by atoms with van der Waals surface area (Å²) in [6, 6.07) is 18.1. The number of hydrogen-bond donors (Lipinski definition) is 0. The fraction of sp³-hybridized carbons (Fsp3) is 0.375. The number of aryl methyl sites for hydroxylation is 1. The van der Waals surface area contributed by atoms with Gasteiger partial charge in [-0.2, -0.15) is 18.2 Å². The van der Waals surface area contributed by atoms with Crippen LogP contribution in [0.15, 0.2) is 101 Å². The molecule has 6 nitrogen and oxygen atoms in total. The molecular weight excluding hydrogens is 646 g/mol. The standard InChI is InChI=1S/C40H45F4N3O3/c1-5-46(6-2)26-27-47(50-35-23-17-32(18-24-35)31-15-19-33(20-16-31)40(42,43)44)38(48)25-10-28(3)36-8-7-9-37(36)39(49)45-29(4)11-12-30-13-21-34(41)22-14-30/h13-24H,3,5-12,25-27H2,1-2,4H3. The first-order chi connectivity index (χ1) is 23.9. The molecule has 0 atom stereocenters. The zero-order valence-electron chi connectivity index (χ0n) is 29.0. The summed E-state index contributed by atoms with van der Waals surface area (Å²) in [6.07, 6.45) is -0.560. The van der Waals surface area contributed by atoms with Crippen molar-refractivity contribution in [2.45, 2.75) is 71.9 Å². The number of carbonyl (C=O) groups excluding carboxylic acids is 2. The average molecular weight is 692 g/mol. The molecule has 0 N–H and O–H groups in total. The number of aliphatic imine (C=N–C) groups is 1. The molecule has 0 unspecified atom stereocenters. The van der Waals surface area contributed by atoms with E-state index in [4.69, 9.17) is 4.84 Å². The van der Waals surface area contributed by atoms with Crippen molar-refractivity contribution < 1.29 is 32.0 Å². The Morgan fingerprint density at radius 1 is 0.820 bits per heavy atom. The van der Waals surface area contributed by atoms with E-state index in [1.54, 1.807) is 36.4 Å². The number of rotatable bonds is 16. The van der Waals surface area contributed by atoms with Gasteiger partial charge in [0.1, 0.15) is 5.82 Å². The molecule has 1 aliphatic rings. The molecule has 4 rings (SSSR count). The highest BCUT2D eigenvalue weighted by Crippen LogP contribution is 2.34. The lowest BCUT2D eigenvalue weighted by Crippen LogP contribution is -2.40. The van der Waals surface area contributed by atoms with E-state index in [0.717, 1.165) is 48.4 Å². The average Bonchev–Trinajstić information content (AvgIpc) is 3.61. The highest BCUT2D eigenvalue weighted by atomic mass is 19.4. The zero-order valence-corrected chi connectivity index (χ0v) is 29.0. The summed E-state index contributed by atoms with van der Waals surface area (Å²) >= 11 is 0. The second-order valence-corrected chi connectivity index (χ2v) is 12.4. The van der Waals surface area contributed by atoms with E-state index in [9.17, 15) is 27.2 Å². The van der Waals surface area contributed by atoms with Crippen molar-refractivity contribution in [3.05, 3.63) is 113 Å². The molecule has 0 saturated heterocycles. The fourth-order valence-corrected chi connectivity index (χ4v) is 5.86. The van der Waals surface area contributed by atoms with Gasteiger partial charge in [-0.15, -0.1) is 0 Å². The topological polar surface area (TPSA) is 62.2 Å². The summed E-state index contributed by atoms with van der Waals surface area (Å²) in [5, 5.41) is 1.35. The number of allylic oxidation sites excluding steroid dienone is 2. The summed E-state index contributed by atoms with van der Waals surface area (Å²) in [4.78, 5) is 39.3. The highest BCUT2D eigenvalue weighted by Gasteiger charge is 2.30. The number of carbonyl (C=O) groups is 2. The van der Waals surface area contributed by atoms with Gasteiger partial charge in [-0.1, -0.05) is 62.4 Å². The number of benzene rings is 3. The number of nitrogens with zero attached hydrogens (tertiary/aromatic N) is 3. The third-order valence-corrected chi connectivity index (χ3v) is 8.93. The van der Waals surface area contributed by atoms with Crippen LogP contribution in [0.1, 0.15) is 70.4 Å². The Morgan fingerprint density at radius 2 is 1.42 bits per heavy atom. The number of amides is 2. The lowest BCUT2D eigenvalue weighted by atomic mass is 9.98. The summed E-state index contributed by atoms with van der Waals surface area (Å²) in [5.74, 6) is -0.369. The predicted octanol–water partition coefficient (Wildman–Crippen LogP) is 9.41. The second-order valence-electron chi connectivity index (χ2n) is 12.4. The molecule has 10 heteroatoms. The molecular formula is C40H45F4N3O3. The largest absolute Gasteiger partial charge is 0.416 e. The number of hydroxylamine groups is 2. The number of likely N-dealkylation sites (N-methyl/N-ethyl adjacent to an activating group) is 1. The fourth-order valence-electron chi connectivity index (χ4n) is 5.86. The first-order valence-corrected chi connectivity index (χ1v) is 17.1. The smallest absolute Gasteiger partial charge is 0.377 e.